The van der Waals surface area contributed by atoms with Crippen LogP contribution < -0.4 is 32.3 Å². The van der Waals surface area contributed by atoms with Gasteiger partial charge in [-0.2, -0.15) is 11.8 Å². The van der Waals surface area contributed by atoms with Crippen molar-refractivity contribution in [3.63, 3.8) is 0 Å². The number of ketones is 1. The monoisotopic (exact) mass is 710 g/mol. The summed E-state index contributed by atoms with van der Waals surface area (Å²) >= 11 is 1.88. The molecule has 7 N–H and O–H groups in total. The summed E-state index contributed by atoms with van der Waals surface area (Å²) in [5.74, 6) is 0.0844. The minimum atomic E-state index is -0.744. The minimum Gasteiger partial charge on any atom is -0.377 e. The van der Waals surface area contributed by atoms with Gasteiger partial charge in [-0.3, -0.25) is 19.2 Å². The number of nitrogens with one attached hydrogen (secondary N) is 5. The van der Waals surface area contributed by atoms with Gasteiger partial charge in [0.1, 0.15) is 6.04 Å². The number of thioether (sulfide) groups is 1. The molecule has 2 fully saturated rings. The predicted octanol–water partition coefficient (Wildman–Crippen LogP) is 2.14. The first kappa shape index (κ1) is 38.8. The van der Waals surface area contributed by atoms with E-state index in [0.29, 0.717) is 74.1 Å². The molecule has 4 rings (SSSR count). The molecule has 50 heavy (non-hydrogen) atoms. The lowest BCUT2D eigenvalue weighted by Gasteiger charge is -2.19. The Balaban J connectivity index is 1.03. The Morgan fingerprint density at radius 1 is 0.820 bits per heavy atom. The fourth-order valence-electron chi connectivity index (χ4n) is 5.85. The van der Waals surface area contributed by atoms with E-state index in [9.17, 15) is 24.0 Å². The Morgan fingerprint density at radius 3 is 2.22 bits per heavy atom. The predicted molar refractivity (Wildman–Crippen MR) is 192 cm³/mol. The van der Waals surface area contributed by atoms with Crippen molar-refractivity contribution >= 4 is 41.3 Å². The SMILES string of the molecule is NCCCC[C@H](NC(=O)c1ccc(C(=O)c2ccccc2)cc1)C(=O)NCCOCCOCCNC(=O)CCCC[C@@H]1SCC2NC(=O)NC21. The van der Waals surface area contributed by atoms with Crippen molar-refractivity contribution in [2.45, 2.75) is 68.3 Å². The highest BCUT2D eigenvalue weighted by Gasteiger charge is 2.42. The second kappa shape index (κ2) is 21.3. The summed E-state index contributed by atoms with van der Waals surface area (Å²) in [7, 11) is 0. The first-order chi connectivity index (χ1) is 24.4. The average molecular weight is 711 g/mol. The van der Waals surface area contributed by atoms with Crippen LogP contribution in [-0.2, 0) is 19.1 Å². The van der Waals surface area contributed by atoms with Crippen molar-refractivity contribution in [1.82, 2.24) is 26.6 Å². The Hall–Kier alpha value is -3.98. The minimum absolute atomic E-state index is 0.000805. The van der Waals surface area contributed by atoms with Crippen molar-refractivity contribution in [2.24, 2.45) is 5.73 Å². The van der Waals surface area contributed by atoms with Gasteiger partial charge in [0, 0.05) is 47.2 Å². The van der Waals surface area contributed by atoms with Gasteiger partial charge >= 0.3 is 6.03 Å². The van der Waals surface area contributed by atoms with E-state index in [-0.39, 0.29) is 48.9 Å². The molecule has 0 bridgehead atoms. The number of unbranched alkanes of at least 4 members (excludes halogenated alkanes) is 2. The molecule has 2 aromatic carbocycles. The molecule has 0 radical (unpaired) electrons. The van der Waals surface area contributed by atoms with Gasteiger partial charge in [0.05, 0.1) is 38.5 Å². The van der Waals surface area contributed by atoms with Crippen molar-refractivity contribution in [2.75, 3.05) is 51.8 Å². The smallest absolute Gasteiger partial charge is 0.315 e. The van der Waals surface area contributed by atoms with Crippen LogP contribution in [0.1, 0.15) is 71.2 Å². The number of rotatable bonds is 23. The zero-order valence-electron chi connectivity index (χ0n) is 28.5. The second-order valence-electron chi connectivity index (χ2n) is 12.3. The molecule has 2 unspecified atom stereocenters. The summed E-state index contributed by atoms with van der Waals surface area (Å²) in [6.45, 7) is 2.50. The summed E-state index contributed by atoms with van der Waals surface area (Å²) < 4.78 is 11.1. The molecule has 2 aliphatic rings. The van der Waals surface area contributed by atoms with Gasteiger partial charge in [-0.05, 0) is 50.8 Å². The highest BCUT2D eigenvalue weighted by molar-refractivity contribution is 8.00. The molecule has 2 heterocycles. The van der Waals surface area contributed by atoms with Crippen molar-refractivity contribution in [1.29, 1.82) is 0 Å². The number of amides is 5. The van der Waals surface area contributed by atoms with E-state index in [1.165, 1.54) is 0 Å². The normalized spacial score (nSPS) is 18.4. The highest BCUT2D eigenvalue weighted by atomic mass is 32.2. The summed E-state index contributed by atoms with van der Waals surface area (Å²) in [6, 6.07) is 14.9. The quantitative estimate of drug-likeness (QED) is 0.0570. The number of benzene rings is 2. The highest BCUT2D eigenvalue weighted by Crippen LogP contribution is 2.33. The fraction of sp³-hybridized carbons (Fsp3) is 0.528. The largest absolute Gasteiger partial charge is 0.377 e. The lowest BCUT2D eigenvalue weighted by molar-refractivity contribution is -0.123. The zero-order valence-corrected chi connectivity index (χ0v) is 29.3. The molecule has 2 aromatic rings. The second-order valence-corrected chi connectivity index (χ2v) is 13.6. The molecule has 2 saturated heterocycles. The Morgan fingerprint density at radius 2 is 1.50 bits per heavy atom. The molecule has 14 heteroatoms. The summed E-state index contributed by atoms with van der Waals surface area (Å²) in [5.41, 5.74) is 7.01. The molecule has 13 nitrogen and oxygen atoms in total. The molecule has 0 spiro atoms. The van der Waals surface area contributed by atoms with Crippen LogP contribution in [0.15, 0.2) is 54.6 Å². The fourth-order valence-corrected chi connectivity index (χ4v) is 7.39. The van der Waals surface area contributed by atoms with Gasteiger partial charge in [0.25, 0.3) is 5.91 Å². The zero-order chi connectivity index (χ0) is 35.6. The van der Waals surface area contributed by atoms with E-state index in [0.717, 1.165) is 31.4 Å². The van der Waals surface area contributed by atoms with Crippen molar-refractivity contribution in [3.05, 3.63) is 71.3 Å². The molecule has 272 valence electrons. The number of urea groups is 1. The van der Waals surface area contributed by atoms with Crippen LogP contribution >= 0.6 is 11.8 Å². The van der Waals surface area contributed by atoms with Gasteiger partial charge in [-0.15, -0.1) is 0 Å². The summed E-state index contributed by atoms with van der Waals surface area (Å²) in [5, 5.41) is 14.8. The molecule has 5 amide bonds. The molecule has 0 aliphatic carbocycles. The van der Waals surface area contributed by atoms with Gasteiger partial charge in [-0.1, -0.05) is 48.9 Å². The average Bonchev–Trinajstić information content (AvgIpc) is 3.69. The Labute approximate surface area is 297 Å². The van der Waals surface area contributed by atoms with Crippen LogP contribution in [0, 0.1) is 0 Å². The number of nitrogens with two attached hydrogens (primary N) is 1. The molecule has 4 atom stereocenters. The third-order valence-corrected chi connectivity index (χ3v) is 10.1. The number of hydrogen-bond acceptors (Lipinski definition) is 9. The van der Waals surface area contributed by atoms with Gasteiger partial charge < -0.3 is 41.8 Å². The Bertz CT molecular complexity index is 1400. The Kier molecular flexibility index (Phi) is 16.5. The van der Waals surface area contributed by atoms with E-state index in [2.05, 4.69) is 26.6 Å². The topological polar surface area (TPSA) is 190 Å². The number of fused-ring (bicyclic) bond motifs is 1. The molecule has 0 saturated carbocycles. The van der Waals surface area contributed by atoms with E-state index in [4.69, 9.17) is 15.2 Å². The van der Waals surface area contributed by atoms with E-state index in [1.54, 1.807) is 48.5 Å². The maximum absolute atomic E-state index is 13.0. The van der Waals surface area contributed by atoms with Crippen LogP contribution in [0.2, 0.25) is 0 Å². The third kappa shape index (κ3) is 12.7. The number of hydrogen-bond donors (Lipinski definition) is 6. The first-order valence-electron chi connectivity index (χ1n) is 17.4. The first-order valence-corrected chi connectivity index (χ1v) is 18.5. The van der Waals surface area contributed by atoms with Crippen LogP contribution in [0.3, 0.4) is 0 Å². The lowest BCUT2D eigenvalue weighted by atomic mass is 10.0. The van der Waals surface area contributed by atoms with Gasteiger partial charge in [-0.25, -0.2) is 4.79 Å². The van der Waals surface area contributed by atoms with Crippen LogP contribution in [0.25, 0.3) is 0 Å². The number of ether oxygens (including phenoxy) is 2. The van der Waals surface area contributed by atoms with Crippen LogP contribution in [0.5, 0.6) is 0 Å². The standard InChI is InChI=1S/C36H50N6O7S/c37-17-7-6-10-28(40-34(45)27-15-13-26(14-16-27)33(44)25-8-2-1-3-9-25)35(46)39-19-21-49-23-22-48-20-18-38-31(43)12-5-4-11-30-32-29(24-50-30)41-36(47)42-32/h1-3,8-9,13-16,28-30,32H,4-7,10-12,17-24,37H2,(H,38,43)(H,39,46)(H,40,45)(H2,41,42,47)/t28-,29?,30-,32?/m0/s1. The third-order valence-electron chi connectivity index (χ3n) is 8.58. The maximum atomic E-state index is 13.0. The van der Waals surface area contributed by atoms with E-state index < -0.39 is 11.9 Å². The molecular weight excluding hydrogens is 660 g/mol. The van der Waals surface area contributed by atoms with Gasteiger partial charge in [0.2, 0.25) is 11.8 Å². The maximum Gasteiger partial charge on any atom is 0.315 e. The number of carbonyl (C=O) groups is 5. The number of carbonyl (C=O) groups excluding carboxylic acids is 5. The van der Waals surface area contributed by atoms with Gasteiger partial charge in [0.15, 0.2) is 5.78 Å². The lowest BCUT2D eigenvalue weighted by Crippen LogP contribution is -2.47. The van der Waals surface area contributed by atoms with Crippen LogP contribution in [-0.4, -0.2) is 105 Å². The van der Waals surface area contributed by atoms with Crippen molar-refractivity contribution in [3.8, 4) is 0 Å². The van der Waals surface area contributed by atoms with E-state index in [1.807, 2.05) is 17.8 Å². The molecule has 0 aromatic heterocycles. The van der Waals surface area contributed by atoms with Crippen LogP contribution in [0.4, 0.5) is 4.79 Å². The molecular formula is C36H50N6O7S. The van der Waals surface area contributed by atoms with E-state index >= 15 is 0 Å². The summed E-state index contributed by atoms with van der Waals surface area (Å²) in [4.78, 5) is 62.2. The molecule has 2 aliphatic heterocycles. The summed E-state index contributed by atoms with van der Waals surface area (Å²) in [6.07, 6.45) is 5.03. The van der Waals surface area contributed by atoms with Crippen molar-refractivity contribution < 1.29 is 33.4 Å².